The van der Waals surface area contributed by atoms with E-state index in [1.165, 1.54) is 0 Å². The van der Waals surface area contributed by atoms with Gasteiger partial charge in [0.05, 0.1) is 11.4 Å². The molecule has 6 heteroatoms. The first-order chi connectivity index (χ1) is 12.1. The van der Waals surface area contributed by atoms with Crippen molar-refractivity contribution in [3.05, 3.63) is 71.0 Å². The van der Waals surface area contributed by atoms with Gasteiger partial charge in [-0.3, -0.25) is 4.98 Å². The first kappa shape index (κ1) is 15.2. The van der Waals surface area contributed by atoms with Crippen LogP contribution in [-0.4, -0.2) is 14.7 Å². The van der Waals surface area contributed by atoms with Gasteiger partial charge in [0, 0.05) is 29.5 Å². The van der Waals surface area contributed by atoms with E-state index in [-0.39, 0.29) is 18.5 Å². The SMILES string of the molecule is Cc1cncc(C2C(C#N)=C(N)Oc3c2ccc2c3ccn2CO)c1. The highest BCUT2D eigenvalue weighted by Crippen LogP contribution is 2.45. The molecule has 3 heterocycles. The summed E-state index contributed by atoms with van der Waals surface area (Å²) < 4.78 is 7.52. The van der Waals surface area contributed by atoms with Crippen molar-refractivity contribution in [2.45, 2.75) is 19.6 Å². The summed E-state index contributed by atoms with van der Waals surface area (Å²) in [5, 5.41) is 19.9. The summed E-state index contributed by atoms with van der Waals surface area (Å²) in [6, 6.07) is 9.89. The van der Waals surface area contributed by atoms with Gasteiger partial charge in [-0.2, -0.15) is 5.26 Å². The molecule has 1 aliphatic rings. The van der Waals surface area contributed by atoms with Gasteiger partial charge >= 0.3 is 0 Å². The second-order valence-electron chi connectivity index (χ2n) is 6.06. The highest BCUT2D eigenvalue weighted by atomic mass is 16.5. The van der Waals surface area contributed by atoms with Crippen LogP contribution in [0.25, 0.3) is 10.9 Å². The van der Waals surface area contributed by atoms with E-state index in [2.05, 4.69) is 11.1 Å². The van der Waals surface area contributed by atoms with Crippen molar-refractivity contribution in [1.82, 2.24) is 9.55 Å². The minimum absolute atomic E-state index is 0.103. The number of hydrogen-bond donors (Lipinski definition) is 2. The van der Waals surface area contributed by atoms with Gasteiger partial charge in [-0.15, -0.1) is 0 Å². The van der Waals surface area contributed by atoms with E-state index in [1.54, 1.807) is 23.2 Å². The molecule has 0 aliphatic carbocycles. The lowest BCUT2D eigenvalue weighted by Crippen LogP contribution is -2.21. The van der Waals surface area contributed by atoms with Gasteiger partial charge in [0.2, 0.25) is 5.88 Å². The van der Waals surface area contributed by atoms with Crippen LogP contribution in [0.4, 0.5) is 0 Å². The number of rotatable bonds is 2. The van der Waals surface area contributed by atoms with Crippen LogP contribution in [0.15, 0.2) is 54.3 Å². The van der Waals surface area contributed by atoms with E-state index < -0.39 is 0 Å². The summed E-state index contributed by atoms with van der Waals surface area (Å²) in [6.45, 7) is 1.84. The molecule has 1 atom stereocenters. The number of pyridine rings is 1. The molecule has 1 aromatic carbocycles. The van der Waals surface area contributed by atoms with Crippen molar-refractivity contribution in [3.8, 4) is 11.8 Å². The molecular formula is C19H16N4O2. The van der Waals surface area contributed by atoms with Crippen LogP contribution in [0.2, 0.25) is 0 Å². The number of nitrogens with two attached hydrogens (primary N) is 1. The van der Waals surface area contributed by atoms with Crippen molar-refractivity contribution in [3.63, 3.8) is 0 Å². The first-order valence-electron chi connectivity index (χ1n) is 7.85. The summed E-state index contributed by atoms with van der Waals surface area (Å²) in [5.41, 5.74) is 10.0. The number of aromatic nitrogens is 2. The molecule has 1 unspecified atom stereocenters. The van der Waals surface area contributed by atoms with Crippen molar-refractivity contribution in [2.24, 2.45) is 5.73 Å². The van der Waals surface area contributed by atoms with Gasteiger partial charge < -0.3 is 20.1 Å². The van der Waals surface area contributed by atoms with Gasteiger partial charge in [0.25, 0.3) is 0 Å². The molecule has 0 bridgehead atoms. The average molecular weight is 332 g/mol. The first-order valence-corrected chi connectivity index (χ1v) is 7.85. The molecule has 1 aliphatic heterocycles. The molecule has 2 aromatic heterocycles. The lowest BCUT2D eigenvalue weighted by Gasteiger charge is -2.27. The maximum atomic E-state index is 9.62. The molecule has 3 N–H and O–H groups in total. The maximum Gasteiger partial charge on any atom is 0.205 e. The fourth-order valence-corrected chi connectivity index (χ4v) is 3.39. The molecular weight excluding hydrogens is 316 g/mol. The van der Waals surface area contributed by atoms with Crippen LogP contribution in [0.1, 0.15) is 22.6 Å². The van der Waals surface area contributed by atoms with Gasteiger partial charge in [0.15, 0.2) is 0 Å². The van der Waals surface area contributed by atoms with Crippen molar-refractivity contribution >= 4 is 10.9 Å². The summed E-state index contributed by atoms with van der Waals surface area (Å²) in [5.74, 6) is 0.390. The number of benzene rings is 1. The van der Waals surface area contributed by atoms with Crippen molar-refractivity contribution in [1.29, 1.82) is 5.26 Å². The normalized spacial score (nSPS) is 16.4. The van der Waals surface area contributed by atoms with Crippen LogP contribution < -0.4 is 10.5 Å². The molecule has 0 radical (unpaired) electrons. The predicted octanol–water partition coefficient (Wildman–Crippen LogP) is 2.51. The van der Waals surface area contributed by atoms with E-state index in [0.29, 0.717) is 11.3 Å². The van der Waals surface area contributed by atoms with E-state index >= 15 is 0 Å². The Morgan fingerprint density at radius 2 is 2.20 bits per heavy atom. The molecule has 3 aromatic rings. The van der Waals surface area contributed by atoms with Gasteiger partial charge in [-0.25, -0.2) is 0 Å². The third-order valence-electron chi connectivity index (χ3n) is 4.51. The van der Waals surface area contributed by atoms with Gasteiger partial charge in [0.1, 0.15) is 24.1 Å². The molecule has 124 valence electrons. The van der Waals surface area contributed by atoms with Crippen molar-refractivity contribution < 1.29 is 9.84 Å². The number of aliphatic hydroxyl groups is 1. The van der Waals surface area contributed by atoms with E-state index in [0.717, 1.165) is 27.6 Å². The Labute approximate surface area is 144 Å². The number of hydrogen-bond acceptors (Lipinski definition) is 5. The fourth-order valence-electron chi connectivity index (χ4n) is 3.39. The highest BCUT2D eigenvalue weighted by molar-refractivity contribution is 5.89. The summed E-state index contributed by atoms with van der Waals surface area (Å²) in [6.07, 6.45) is 5.31. The number of nitrogens with zero attached hydrogens (tertiary/aromatic N) is 3. The molecule has 4 rings (SSSR count). The minimum Gasteiger partial charge on any atom is -0.439 e. The number of ether oxygens (including phenoxy) is 1. The molecule has 0 spiro atoms. The van der Waals surface area contributed by atoms with Crippen LogP contribution >= 0.6 is 0 Å². The third kappa shape index (κ3) is 2.25. The fraction of sp³-hybridized carbons (Fsp3) is 0.158. The molecule has 0 saturated carbocycles. The largest absolute Gasteiger partial charge is 0.439 e. The number of fused-ring (bicyclic) bond motifs is 3. The monoisotopic (exact) mass is 332 g/mol. The lowest BCUT2D eigenvalue weighted by atomic mass is 9.83. The Kier molecular flexibility index (Phi) is 3.45. The zero-order valence-corrected chi connectivity index (χ0v) is 13.6. The Morgan fingerprint density at radius 1 is 1.36 bits per heavy atom. The molecule has 0 amide bonds. The minimum atomic E-state index is -0.331. The Balaban J connectivity index is 2.00. The molecule has 25 heavy (non-hydrogen) atoms. The summed E-state index contributed by atoms with van der Waals surface area (Å²) in [4.78, 5) is 4.26. The van der Waals surface area contributed by atoms with E-state index in [1.807, 2.05) is 31.2 Å². The predicted molar refractivity (Wildman–Crippen MR) is 92.4 cm³/mol. The van der Waals surface area contributed by atoms with Crippen molar-refractivity contribution in [2.75, 3.05) is 0 Å². The Hall–Kier alpha value is -3.30. The van der Waals surface area contributed by atoms with Crippen LogP contribution in [0, 0.1) is 18.3 Å². The summed E-state index contributed by atoms with van der Waals surface area (Å²) in [7, 11) is 0. The van der Waals surface area contributed by atoms with Gasteiger partial charge in [-0.05, 0) is 30.2 Å². The Morgan fingerprint density at radius 3 is 2.92 bits per heavy atom. The number of nitriles is 1. The second kappa shape index (κ2) is 5.65. The highest BCUT2D eigenvalue weighted by Gasteiger charge is 2.32. The molecule has 0 fully saturated rings. The number of aryl methyl sites for hydroxylation is 1. The topological polar surface area (TPSA) is 97.1 Å². The van der Waals surface area contributed by atoms with E-state index in [4.69, 9.17) is 10.5 Å². The smallest absolute Gasteiger partial charge is 0.205 e. The van der Waals surface area contributed by atoms with Crippen LogP contribution in [-0.2, 0) is 6.73 Å². The third-order valence-corrected chi connectivity index (χ3v) is 4.51. The van der Waals surface area contributed by atoms with E-state index in [9.17, 15) is 10.4 Å². The standard InChI is InChI=1S/C19H16N4O2/c1-11-6-12(9-22-8-11)17-14-2-3-16-13(4-5-23(16)10-24)18(14)25-19(21)15(17)7-20/h2-6,8-9,17,24H,10,21H2,1H3. The van der Waals surface area contributed by atoms with Gasteiger partial charge in [-0.1, -0.05) is 12.1 Å². The summed E-state index contributed by atoms with van der Waals surface area (Å²) >= 11 is 0. The quantitative estimate of drug-likeness (QED) is 0.751. The average Bonchev–Trinajstić information content (AvgIpc) is 3.04. The van der Waals surface area contributed by atoms with Crippen LogP contribution in [0.3, 0.4) is 0 Å². The maximum absolute atomic E-state index is 9.62. The molecule has 0 saturated heterocycles. The van der Waals surface area contributed by atoms with Crippen LogP contribution in [0.5, 0.6) is 5.75 Å². The second-order valence-corrected chi connectivity index (χ2v) is 6.06. The number of aliphatic hydroxyl groups excluding tert-OH is 1. The zero-order chi connectivity index (χ0) is 17.6. The lowest BCUT2D eigenvalue weighted by molar-refractivity contribution is 0.215. The zero-order valence-electron chi connectivity index (χ0n) is 13.6. The number of allylic oxidation sites excluding steroid dienone is 1. The Bertz CT molecular complexity index is 1060. The molecule has 6 nitrogen and oxygen atoms in total.